The molecule has 0 unspecified atom stereocenters. The summed E-state index contributed by atoms with van der Waals surface area (Å²) in [5.74, 6) is 0.408. The molecular formula is C18H15ClF3N3OS. The smallest absolute Gasteiger partial charge is 0.351 e. The molecule has 0 atom stereocenters. The summed E-state index contributed by atoms with van der Waals surface area (Å²) in [6.45, 7) is 1.10. The van der Waals surface area contributed by atoms with Gasteiger partial charge in [-0.05, 0) is 54.6 Å². The first kappa shape index (κ1) is 19.6. The predicted molar refractivity (Wildman–Crippen MR) is 101 cm³/mol. The Morgan fingerprint density at radius 3 is 2.56 bits per heavy atom. The van der Waals surface area contributed by atoms with E-state index in [1.54, 1.807) is 24.4 Å². The Morgan fingerprint density at radius 1 is 1.22 bits per heavy atom. The van der Waals surface area contributed by atoms with Crippen LogP contribution >= 0.6 is 23.4 Å². The Morgan fingerprint density at radius 2 is 1.96 bits per heavy atom. The number of pyridine rings is 1. The van der Waals surface area contributed by atoms with Crippen molar-refractivity contribution >= 4 is 40.8 Å². The van der Waals surface area contributed by atoms with Gasteiger partial charge in [-0.25, -0.2) is 4.98 Å². The highest BCUT2D eigenvalue weighted by molar-refractivity contribution is 8.00. The van der Waals surface area contributed by atoms with Gasteiger partial charge >= 0.3 is 5.51 Å². The van der Waals surface area contributed by atoms with E-state index in [4.69, 9.17) is 11.6 Å². The van der Waals surface area contributed by atoms with Gasteiger partial charge in [0.15, 0.2) is 0 Å². The molecule has 0 fully saturated rings. The van der Waals surface area contributed by atoms with Crippen LogP contribution in [0.3, 0.4) is 0 Å². The van der Waals surface area contributed by atoms with E-state index in [0.717, 1.165) is 0 Å². The monoisotopic (exact) mass is 413 g/mol. The number of hydrogen-bond acceptors (Lipinski definition) is 4. The van der Waals surface area contributed by atoms with Crippen molar-refractivity contribution in [3.63, 3.8) is 0 Å². The van der Waals surface area contributed by atoms with E-state index in [1.165, 1.54) is 24.3 Å². The van der Waals surface area contributed by atoms with E-state index >= 15 is 0 Å². The maximum absolute atomic E-state index is 12.4. The zero-order chi connectivity index (χ0) is 19.4. The second-order valence-electron chi connectivity index (χ2n) is 5.76. The SMILES string of the molecule is O=C(Nc1ccc(SC(F)(F)F)cc1)C1=CCN(c2ncccc2Cl)CC1. The molecule has 4 nitrogen and oxygen atoms in total. The molecule has 3 rings (SSSR count). The predicted octanol–water partition coefficient (Wildman–Crippen LogP) is 5.12. The second kappa shape index (κ2) is 8.22. The topological polar surface area (TPSA) is 45.2 Å². The van der Waals surface area contributed by atoms with Gasteiger partial charge < -0.3 is 10.2 Å². The van der Waals surface area contributed by atoms with Gasteiger partial charge in [0.1, 0.15) is 5.82 Å². The molecule has 1 aromatic carbocycles. The summed E-state index contributed by atoms with van der Waals surface area (Å²) >= 11 is 5.95. The number of rotatable bonds is 4. The van der Waals surface area contributed by atoms with Crippen LogP contribution in [-0.2, 0) is 4.79 Å². The van der Waals surface area contributed by atoms with Gasteiger partial charge in [-0.3, -0.25) is 4.79 Å². The number of benzene rings is 1. The van der Waals surface area contributed by atoms with Crippen LogP contribution in [0.4, 0.5) is 24.7 Å². The minimum Gasteiger partial charge on any atom is -0.351 e. The minimum atomic E-state index is -4.33. The number of carbonyl (C=O) groups excluding carboxylic acids is 1. The third kappa shape index (κ3) is 5.40. The lowest BCUT2D eigenvalue weighted by Crippen LogP contribution is -2.32. The molecule has 1 amide bonds. The van der Waals surface area contributed by atoms with E-state index < -0.39 is 5.51 Å². The first-order valence-electron chi connectivity index (χ1n) is 8.03. The molecule has 27 heavy (non-hydrogen) atoms. The van der Waals surface area contributed by atoms with Crippen LogP contribution in [0.1, 0.15) is 6.42 Å². The zero-order valence-corrected chi connectivity index (χ0v) is 15.5. The van der Waals surface area contributed by atoms with Gasteiger partial charge in [0.25, 0.3) is 5.91 Å². The van der Waals surface area contributed by atoms with E-state index in [1.807, 2.05) is 4.90 Å². The van der Waals surface area contributed by atoms with Crippen molar-refractivity contribution in [2.45, 2.75) is 16.8 Å². The van der Waals surface area contributed by atoms with Gasteiger partial charge in [-0.15, -0.1) is 0 Å². The molecule has 9 heteroatoms. The highest BCUT2D eigenvalue weighted by atomic mass is 35.5. The van der Waals surface area contributed by atoms with E-state index in [2.05, 4.69) is 10.3 Å². The summed E-state index contributed by atoms with van der Waals surface area (Å²) in [5.41, 5.74) is -3.27. The van der Waals surface area contributed by atoms with Crippen LogP contribution in [0, 0.1) is 0 Å². The quantitative estimate of drug-likeness (QED) is 0.706. The Labute approximate surface area is 163 Å². The fourth-order valence-electron chi connectivity index (χ4n) is 2.63. The molecule has 0 spiro atoms. The molecule has 1 N–H and O–H groups in total. The van der Waals surface area contributed by atoms with Crippen LogP contribution < -0.4 is 10.2 Å². The number of carbonyl (C=O) groups is 1. The van der Waals surface area contributed by atoms with E-state index in [-0.39, 0.29) is 22.6 Å². The number of nitrogens with zero attached hydrogens (tertiary/aromatic N) is 2. The van der Waals surface area contributed by atoms with Gasteiger partial charge in [-0.1, -0.05) is 17.7 Å². The van der Waals surface area contributed by atoms with Crippen molar-refractivity contribution in [3.8, 4) is 0 Å². The van der Waals surface area contributed by atoms with Gasteiger partial charge in [0.05, 0.1) is 5.02 Å². The molecule has 1 aliphatic heterocycles. The number of anilines is 2. The molecule has 0 bridgehead atoms. The number of alkyl halides is 3. The lowest BCUT2D eigenvalue weighted by molar-refractivity contribution is -0.113. The summed E-state index contributed by atoms with van der Waals surface area (Å²) in [6.07, 6.45) is 3.98. The third-order valence-corrected chi connectivity index (χ3v) is 4.92. The zero-order valence-electron chi connectivity index (χ0n) is 14.0. The maximum atomic E-state index is 12.4. The van der Waals surface area contributed by atoms with Crippen LogP contribution in [0.25, 0.3) is 0 Å². The van der Waals surface area contributed by atoms with Crippen molar-refractivity contribution in [2.75, 3.05) is 23.3 Å². The number of halogens is 4. The van der Waals surface area contributed by atoms with Crippen LogP contribution in [-0.4, -0.2) is 29.5 Å². The van der Waals surface area contributed by atoms with Crippen molar-refractivity contribution < 1.29 is 18.0 Å². The fourth-order valence-corrected chi connectivity index (χ4v) is 3.41. The van der Waals surface area contributed by atoms with Crippen molar-refractivity contribution in [1.82, 2.24) is 4.98 Å². The summed E-state index contributed by atoms with van der Waals surface area (Å²) < 4.78 is 37.0. The third-order valence-electron chi connectivity index (χ3n) is 3.89. The number of aromatic nitrogens is 1. The molecule has 1 aromatic heterocycles. The average Bonchev–Trinajstić information content (AvgIpc) is 2.63. The molecule has 0 saturated heterocycles. The standard InChI is InChI=1S/C18H15ClF3N3OS/c19-15-2-1-9-23-16(15)25-10-7-12(8-11-25)17(26)24-13-3-5-14(6-4-13)27-18(20,21)22/h1-7,9H,8,10-11H2,(H,24,26). The largest absolute Gasteiger partial charge is 0.446 e. The minimum absolute atomic E-state index is 0.0697. The lowest BCUT2D eigenvalue weighted by Gasteiger charge is -2.27. The highest BCUT2D eigenvalue weighted by Crippen LogP contribution is 2.37. The first-order valence-corrected chi connectivity index (χ1v) is 9.23. The first-order chi connectivity index (χ1) is 12.8. The Hall–Kier alpha value is -2.19. The molecule has 2 heterocycles. The van der Waals surface area contributed by atoms with Crippen molar-refractivity contribution in [1.29, 1.82) is 0 Å². The van der Waals surface area contributed by atoms with Crippen LogP contribution in [0.5, 0.6) is 0 Å². The lowest BCUT2D eigenvalue weighted by atomic mass is 10.1. The van der Waals surface area contributed by atoms with Crippen molar-refractivity contribution in [3.05, 3.63) is 59.3 Å². The number of thioether (sulfide) groups is 1. The fraction of sp³-hybridized carbons (Fsp3) is 0.222. The summed E-state index contributed by atoms with van der Waals surface area (Å²) in [7, 11) is 0. The normalized spacial score (nSPS) is 14.7. The molecule has 142 valence electrons. The summed E-state index contributed by atoms with van der Waals surface area (Å²) in [6, 6.07) is 9.08. The molecular weight excluding hydrogens is 399 g/mol. The van der Waals surface area contributed by atoms with Gasteiger partial charge in [0.2, 0.25) is 0 Å². The Balaban J connectivity index is 1.60. The maximum Gasteiger partial charge on any atom is 0.446 e. The average molecular weight is 414 g/mol. The Bertz CT molecular complexity index is 856. The molecule has 0 saturated carbocycles. The summed E-state index contributed by atoms with van der Waals surface area (Å²) in [5, 5.41) is 3.26. The highest BCUT2D eigenvalue weighted by Gasteiger charge is 2.29. The summed E-state index contributed by atoms with van der Waals surface area (Å²) in [4.78, 5) is 18.7. The number of nitrogens with one attached hydrogen (secondary N) is 1. The van der Waals surface area contributed by atoms with E-state index in [0.29, 0.717) is 41.6 Å². The van der Waals surface area contributed by atoms with Crippen molar-refractivity contribution in [2.24, 2.45) is 0 Å². The Kier molecular flexibility index (Phi) is 5.96. The van der Waals surface area contributed by atoms with Crippen LogP contribution in [0.2, 0.25) is 5.02 Å². The molecule has 0 radical (unpaired) electrons. The second-order valence-corrected chi connectivity index (χ2v) is 7.31. The molecule has 2 aromatic rings. The number of hydrogen-bond donors (Lipinski definition) is 1. The molecule has 0 aliphatic carbocycles. The van der Waals surface area contributed by atoms with E-state index in [9.17, 15) is 18.0 Å². The molecule has 1 aliphatic rings. The van der Waals surface area contributed by atoms with Gasteiger partial charge in [-0.2, -0.15) is 13.2 Å². The van der Waals surface area contributed by atoms with Crippen LogP contribution in [0.15, 0.2) is 59.1 Å². The van der Waals surface area contributed by atoms with Gasteiger partial charge in [0, 0.05) is 35.4 Å². The number of amides is 1.